The van der Waals surface area contributed by atoms with Gasteiger partial charge < -0.3 is 14.8 Å². The summed E-state index contributed by atoms with van der Waals surface area (Å²) >= 11 is 1.75. The summed E-state index contributed by atoms with van der Waals surface area (Å²) in [5, 5.41) is 6.83. The molecule has 0 bridgehead atoms. The number of nitrogens with zero attached hydrogens (tertiary/aromatic N) is 1. The van der Waals surface area contributed by atoms with Crippen molar-refractivity contribution in [2.24, 2.45) is 0 Å². The quantitative estimate of drug-likeness (QED) is 0.290. The van der Waals surface area contributed by atoms with Crippen molar-refractivity contribution in [2.75, 3.05) is 12.4 Å². The summed E-state index contributed by atoms with van der Waals surface area (Å²) in [6.07, 6.45) is 3.57. The van der Waals surface area contributed by atoms with Crippen LogP contribution in [0, 0.1) is 0 Å². The number of pyridine rings is 1. The number of rotatable bonds is 7. The van der Waals surface area contributed by atoms with E-state index in [0.717, 1.165) is 39.6 Å². The van der Waals surface area contributed by atoms with Gasteiger partial charge in [-0.15, -0.1) is 11.3 Å². The first-order chi connectivity index (χ1) is 15.8. The van der Waals surface area contributed by atoms with Gasteiger partial charge in [0.2, 0.25) is 0 Å². The zero-order chi connectivity index (χ0) is 21.8. The van der Waals surface area contributed by atoms with E-state index in [2.05, 4.69) is 52.1 Å². The van der Waals surface area contributed by atoms with Crippen LogP contribution in [-0.4, -0.2) is 12.1 Å². The van der Waals surface area contributed by atoms with Crippen LogP contribution in [0.4, 0.5) is 11.4 Å². The number of aromatic nitrogens is 1. The van der Waals surface area contributed by atoms with Crippen molar-refractivity contribution in [3.8, 4) is 22.6 Å². The molecule has 32 heavy (non-hydrogen) atoms. The Morgan fingerprint density at radius 3 is 2.53 bits per heavy atom. The third-order valence-corrected chi connectivity index (χ3v) is 6.17. The van der Waals surface area contributed by atoms with Gasteiger partial charge in [0.1, 0.15) is 12.4 Å². The maximum atomic E-state index is 6.46. The molecule has 4 nitrogen and oxygen atoms in total. The van der Waals surface area contributed by atoms with Gasteiger partial charge in [0, 0.05) is 21.8 Å². The molecule has 1 N–H and O–H groups in total. The van der Waals surface area contributed by atoms with E-state index in [1.807, 2.05) is 42.5 Å². The fraction of sp³-hybridized carbons (Fsp3) is 0.0741. The number of ether oxygens (including phenoxy) is 2. The van der Waals surface area contributed by atoms with E-state index in [1.54, 1.807) is 30.8 Å². The molecule has 158 valence electrons. The second kappa shape index (κ2) is 9.12. The number of anilines is 2. The SMILES string of the molecule is COc1ccc(COc2c(Nc3cccnc3)cccc2-c2cccc3sccc23)cc1. The molecular formula is C27H22N2O2S. The molecular weight excluding hydrogens is 416 g/mol. The molecule has 0 radical (unpaired) electrons. The largest absolute Gasteiger partial charge is 0.497 e. The zero-order valence-corrected chi connectivity index (χ0v) is 18.4. The number of hydrogen-bond acceptors (Lipinski definition) is 5. The van der Waals surface area contributed by atoms with Crippen molar-refractivity contribution < 1.29 is 9.47 Å². The summed E-state index contributed by atoms with van der Waals surface area (Å²) < 4.78 is 13.0. The van der Waals surface area contributed by atoms with Crippen LogP contribution in [0.5, 0.6) is 11.5 Å². The maximum Gasteiger partial charge on any atom is 0.151 e. The zero-order valence-electron chi connectivity index (χ0n) is 17.6. The molecule has 5 aromatic rings. The van der Waals surface area contributed by atoms with Gasteiger partial charge in [-0.25, -0.2) is 0 Å². The Morgan fingerprint density at radius 2 is 1.72 bits per heavy atom. The van der Waals surface area contributed by atoms with Gasteiger partial charge in [0.15, 0.2) is 5.75 Å². The molecule has 0 aliphatic heterocycles. The Labute approximate surface area is 191 Å². The molecule has 0 fully saturated rings. The number of methoxy groups -OCH3 is 1. The second-order valence-corrected chi connectivity index (χ2v) is 8.27. The van der Waals surface area contributed by atoms with E-state index < -0.39 is 0 Å². The molecule has 0 aliphatic rings. The minimum absolute atomic E-state index is 0.447. The first-order valence-electron chi connectivity index (χ1n) is 10.3. The van der Waals surface area contributed by atoms with Crippen molar-refractivity contribution in [2.45, 2.75) is 6.61 Å². The fourth-order valence-corrected chi connectivity index (χ4v) is 4.51. The molecule has 5 rings (SSSR count). The lowest BCUT2D eigenvalue weighted by atomic mass is 10.00. The fourth-order valence-electron chi connectivity index (χ4n) is 3.70. The predicted octanol–water partition coefficient (Wildman–Crippen LogP) is 7.29. The highest BCUT2D eigenvalue weighted by Gasteiger charge is 2.15. The van der Waals surface area contributed by atoms with Gasteiger partial charge in [-0.1, -0.05) is 36.4 Å². The Bertz CT molecular complexity index is 1330. The number of hydrogen-bond donors (Lipinski definition) is 1. The Balaban J connectivity index is 1.56. The van der Waals surface area contributed by atoms with E-state index in [0.29, 0.717) is 6.61 Å². The topological polar surface area (TPSA) is 43.4 Å². The summed E-state index contributed by atoms with van der Waals surface area (Å²) in [5.74, 6) is 1.64. The van der Waals surface area contributed by atoms with Gasteiger partial charge in [-0.2, -0.15) is 0 Å². The van der Waals surface area contributed by atoms with Crippen molar-refractivity contribution >= 4 is 32.8 Å². The van der Waals surface area contributed by atoms with Crippen LogP contribution in [0.15, 0.2) is 96.6 Å². The molecule has 2 heterocycles. The van der Waals surface area contributed by atoms with E-state index in [-0.39, 0.29) is 0 Å². The van der Waals surface area contributed by atoms with Gasteiger partial charge in [0.05, 0.1) is 24.7 Å². The molecule has 2 aromatic heterocycles. The number of benzene rings is 3. The summed E-state index contributed by atoms with van der Waals surface area (Å²) in [4.78, 5) is 4.22. The molecule has 0 aliphatic carbocycles. The van der Waals surface area contributed by atoms with Gasteiger partial charge in [-0.05, 0) is 59.0 Å². The smallest absolute Gasteiger partial charge is 0.151 e. The average molecular weight is 439 g/mol. The number of fused-ring (bicyclic) bond motifs is 1. The molecule has 0 spiro atoms. The Kier molecular flexibility index (Phi) is 5.73. The molecule has 0 unspecified atom stereocenters. The van der Waals surface area contributed by atoms with Crippen molar-refractivity contribution in [1.82, 2.24) is 4.98 Å². The van der Waals surface area contributed by atoms with E-state index in [4.69, 9.17) is 9.47 Å². The highest BCUT2D eigenvalue weighted by Crippen LogP contribution is 2.42. The van der Waals surface area contributed by atoms with E-state index in [1.165, 1.54) is 10.1 Å². The summed E-state index contributed by atoms with van der Waals surface area (Å²) in [7, 11) is 1.67. The van der Waals surface area contributed by atoms with Crippen LogP contribution < -0.4 is 14.8 Å². The third-order valence-electron chi connectivity index (χ3n) is 5.28. The van der Waals surface area contributed by atoms with Crippen molar-refractivity contribution in [1.29, 1.82) is 0 Å². The first-order valence-corrected chi connectivity index (χ1v) is 11.2. The van der Waals surface area contributed by atoms with Crippen LogP contribution in [0.25, 0.3) is 21.2 Å². The number of nitrogens with one attached hydrogen (secondary N) is 1. The highest BCUT2D eigenvalue weighted by molar-refractivity contribution is 7.17. The molecule has 0 saturated carbocycles. The van der Waals surface area contributed by atoms with Crippen LogP contribution in [-0.2, 0) is 6.61 Å². The first kappa shape index (κ1) is 20.1. The van der Waals surface area contributed by atoms with Crippen LogP contribution in [0.3, 0.4) is 0 Å². The van der Waals surface area contributed by atoms with E-state index in [9.17, 15) is 0 Å². The van der Waals surface area contributed by atoms with Crippen LogP contribution >= 0.6 is 11.3 Å². The van der Waals surface area contributed by atoms with Crippen molar-refractivity contribution in [3.63, 3.8) is 0 Å². The summed E-state index contributed by atoms with van der Waals surface area (Å²) in [6.45, 7) is 0.447. The molecule has 0 saturated heterocycles. The summed E-state index contributed by atoms with van der Waals surface area (Å²) in [6, 6.07) is 26.6. The number of para-hydroxylation sites is 1. The Hall–Kier alpha value is -3.83. The Morgan fingerprint density at radius 1 is 0.875 bits per heavy atom. The van der Waals surface area contributed by atoms with Gasteiger partial charge in [-0.3, -0.25) is 4.98 Å². The van der Waals surface area contributed by atoms with Crippen LogP contribution in [0.1, 0.15) is 5.56 Å². The summed E-state index contributed by atoms with van der Waals surface area (Å²) in [5.41, 5.74) is 5.09. The lowest BCUT2D eigenvalue weighted by molar-refractivity contribution is 0.309. The monoisotopic (exact) mass is 438 g/mol. The van der Waals surface area contributed by atoms with Gasteiger partial charge >= 0.3 is 0 Å². The lowest BCUT2D eigenvalue weighted by Crippen LogP contribution is -2.01. The minimum Gasteiger partial charge on any atom is -0.497 e. The van der Waals surface area contributed by atoms with E-state index >= 15 is 0 Å². The standard InChI is InChI=1S/C27H22N2O2S/c1-30-21-12-10-19(11-13-21)18-31-27-24(22-6-3-9-26-23(22)14-16-32-26)7-2-8-25(27)29-20-5-4-15-28-17-20/h2-17,29H,18H2,1H3. The van der Waals surface area contributed by atoms with Gasteiger partial charge in [0.25, 0.3) is 0 Å². The lowest BCUT2D eigenvalue weighted by Gasteiger charge is -2.18. The maximum absolute atomic E-state index is 6.46. The average Bonchev–Trinajstić information content (AvgIpc) is 3.33. The second-order valence-electron chi connectivity index (χ2n) is 7.32. The third kappa shape index (κ3) is 4.15. The van der Waals surface area contributed by atoms with Crippen molar-refractivity contribution in [3.05, 3.63) is 102 Å². The molecule has 0 atom stereocenters. The molecule has 3 aromatic carbocycles. The van der Waals surface area contributed by atoms with Crippen LogP contribution in [0.2, 0.25) is 0 Å². The highest BCUT2D eigenvalue weighted by atomic mass is 32.1. The normalized spacial score (nSPS) is 10.8. The molecule has 0 amide bonds. The minimum atomic E-state index is 0.447. The number of thiophene rings is 1. The predicted molar refractivity (Wildman–Crippen MR) is 132 cm³/mol. The molecule has 5 heteroatoms.